The van der Waals surface area contributed by atoms with Crippen molar-refractivity contribution in [2.24, 2.45) is 5.41 Å². The number of rotatable bonds is 6. The predicted octanol–water partition coefficient (Wildman–Crippen LogP) is 2.54. The van der Waals surface area contributed by atoms with E-state index in [1.54, 1.807) is 19.1 Å². The Kier molecular flexibility index (Phi) is 3.42. The normalized spacial score (nSPS) is 15.8. The maximum atomic E-state index is 10.9. The smallest absolute Gasteiger partial charge is 0.311 e. The SMILES string of the molecule is Cc1ccc(OCC2(CC(=O)O)CC2)c([N+](=O)[O-])c1. The number of nitro benzene ring substituents is 1. The van der Waals surface area contributed by atoms with Gasteiger partial charge in [0.25, 0.3) is 0 Å². The summed E-state index contributed by atoms with van der Waals surface area (Å²) in [6.45, 7) is 1.98. The summed E-state index contributed by atoms with van der Waals surface area (Å²) in [4.78, 5) is 21.2. The Morgan fingerprint density at radius 2 is 2.21 bits per heavy atom. The molecule has 6 heteroatoms. The topological polar surface area (TPSA) is 89.7 Å². The Morgan fingerprint density at radius 1 is 1.53 bits per heavy atom. The minimum absolute atomic E-state index is 0.0483. The van der Waals surface area contributed by atoms with Gasteiger partial charge < -0.3 is 9.84 Å². The van der Waals surface area contributed by atoms with Crippen molar-refractivity contribution in [1.82, 2.24) is 0 Å². The summed E-state index contributed by atoms with van der Waals surface area (Å²) in [5, 5.41) is 19.7. The molecule has 19 heavy (non-hydrogen) atoms. The van der Waals surface area contributed by atoms with Crippen LogP contribution in [0.1, 0.15) is 24.8 Å². The van der Waals surface area contributed by atoms with E-state index in [-0.39, 0.29) is 29.9 Å². The number of nitro groups is 1. The zero-order valence-corrected chi connectivity index (χ0v) is 10.6. The first-order valence-corrected chi connectivity index (χ1v) is 6.02. The molecule has 0 aliphatic heterocycles. The third-order valence-electron chi connectivity index (χ3n) is 3.33. The van der Waals surface area contributed by atoms with Gasteiger partial charge in [0.2, 0.25) is 0 Å². The minimum Gasteiger partial charge on any atom is -0.486 e. The van der Waals surface area contributed by atoms with E-state index in [1.165, 1.54) is 6.07 Å². The number of carboxylic acid groups (broad SMARTS) is 1. The van der Waals surface area contributed by atoms with Crippen LogP contribution in [0.5, 0.6) is 5.75 Å². The second kappa shape index (κ2) is 4.87. The van der Waals surface area contributed by atoms with Crippen molar-refractivity contribution in [2.75, 3.05) is 6.61 Å². The highest BCUT2D eigenvalue weighted by atomic mass is 16.6. The van der Waals surface area contributed by atoms with E-state index in [9.17, 15) is 14.9 Å². The summed E-state index contributed by atoms with van der Waals surface area (Å²) in [5.41, 5.74) is 0.363. The first kappa shape index (κ1) is 13.3. The molecule has 0 atom stereocenters. The molecule has 0 aromatic heterocycles. The molecular formula is C13H15NO5. The van der Waals surface area contributed by atoms with E-state index < -0.39 is 10.9 Å². The van der Waals surface area contributed by atoms with Gasteiger partial charge in [-0.15, -0.1) is 0 Å². The summed E-state index contributed by atoms with van der Waals surface area (Å²) < 4.78 is 5.48. The molecule has 0 saturated heterocycles. The van der Waals surface area contributed by atoms with E-state index in [0.717, 1.165) is 18.4 Å². The molecule has 1 aliphatic carbocycles. The maximum Gasteiger partial charge on any atom is 0.311 e. The van der Waals surface area contributed by atoms with Crippen molar-refractivity contribution in [3.8, 4) is 5.75 Å². The fraction of sp³-hybridized carbons (Fsp3) is 0.462. The molecule has 0 radical (unpaired) electrons. The monoisotopic (exact) mass is 265 g/mol. The molecular weight excluding hydrogens is 250 g/mol. The highest BCUT2D eigenvalue weighted by Crippen LogP contribution is 2.49. The molecule has 0 spiro atoms. The van der Waals surface area contributed by atoms with Crippen molar-refractivity contribution < 1.29 is 19.6 Å². The van der Waals surface area contributed by atoms with E-state index in [4.69, 9.17) is 9.84 Å². The third kappa shape index (κ3) is 3.21. The van der Waals surface area contributed by atoms with Gasteiger partial charge in [-0.25, -0.2) is 0 Å². The van der Waals surface area contributed by atoms with Gasteiger partial charge in [-0.3, -0.25) is 14.9 Å². The number of aliphatic carboxylic acids is 1. The van der Waals surface area contributed by atoms with Crippen LogP contribution in [-0.2, 0) is 4.79 Å². The third-order valence-corrected chi connectivity index (χ3v) is 3.33. The van der Waals surface area contributed by atoms with Crippen LogP contribution in [0.15, 0.2) is 18.2 Å². The van der Waals surface area contributed by atoms with Gasteiger partial charge in [-0.05, 0) is 31.4 Å². The van der Waals surface area contributed by atoms with Crippen LogP contribution in [0.4, 0.5) is 5.69 Å². The van der Waals surface area contributed by atoms with E-state index in [0.29, 0.717) is 0 Å². The van der Waals surface area contributed by atoms with Gasteiger partial charge in [-0.2, -0.15) is 0 Å². The van der Waals surface area contributed by atoms with Gasteiger partial charge >= 0.3 is 11.7 Å². The molecule has 6 nitrogen and oxygen atoms in total. The zero-order valence-electron chi connectivity index (χ0n) is 10.6. The molecule has 0 bridgehead atoms. The number of nitrogens with zero attached hydrogens (tertiary/aromatic N) is 1. The molecule has 0 heterocycles. The second-order valence-corrected chi connectivity index (χ2v) is 5.09. The van der Waals surface area contributed by atoms with E-state index >= 15 is 0 Å². The molecule has 0 unspecified atom stereocenters. The Labute approximate surface area is 110 Å². The van der Waals surface area contributed by atoms with Crippen molar-refractivity contribution in [1.29, 1.82) is 0 Å². The summed E-state index contributed by atoms with van der Waals surface area (Å²) in [6, 6.07) is 4.75. The van der Waals surface area contributed by atoms with Gasteiger partial charge in [0.05, 0.1) is 18.0 Å². The average Bonchev–Trinajstić information content (AvgIpc) is 3.06. The van der Waals surface area contributed by atoms with Crippen LogP contribution < -0.4 is 4.74 Å². The standard InChI is InChI=1S/C13H15NO5/c1-9-2-3-11(10(6-9)14(17)18)19-8-13(4-5-13)7-12(15)16/h2-3,6H,4-5,7-8H2,1H3,(H,15,16). The van der Waals surface area contributed by atoms with Crippen LogP contribution in [0.25, 0.3) is 0 Å². The van der Waals surface area contributed by atoms with Crippen LogP contribution in [0.2, 0.25) is 0 Å². The first-order valence-electron chi connectivity index (χ1n) is 6.02. The zero-order chi connectivity index (χ0) is 14.0. The van der Waals surface area contributed by atoms with Gasteiger partial charge in [0.1, 0.15) is 0 Å². The lowest BCUT2D eigenvalue weighted by molar-refractivity contribution is -0.386. The first-order chi connectivity index (χ1) is 8.92. The Bertz CT molecular complexity index is 522. The number of carboxylic acids is 1. The number of hydrogen-bond donors (Lipinski definition) is 1. The fourth-order valence-electron chi connectivity index (χ4n) is 1.99. The average molecular weight is 265 g/mol. The molecule has 1 aromatic carbocycles. The highest BCUT2D eigenvalue weighted by Gasteiger charge is 2.45. The van der Waals surface area contributed by atoms with Crippen LogP contribution in [0.3, 0.4) is 0 Å². The second-order valence-electron chi connectivity index (χ2n) is 5.09. The van der Waals surface area contributed by atoms with Crippen molar-refractivity contribution in [3.63, 3.8) is 0 Å². The molecule has 2 rings (SSSR count). The predicted molar refractivity (Wildman–Crippen MR) is 67.2 cm³/mol. The van der Waals surface area contributed by atoms with E-state index in [1.807, 2.05) is 0 Å². The van der Waals surface area contributed by atoms with Gasteiger partial charge in [0.15, 0.2) is 5.75 Å². The summed E-state index contributed by atoms with van der Waals surface area (Å²) in [6.07, 6.45) is 1.63. The molecule has 1 fully saturated rings. The van der Waals surface area contributed by atoms with Crippen LogP contribution >= 0.6 is 0 Å². The van der Waals surface area contributed by atoms with Crippen molar-refractivity contribution in [2.45, 2.75) is 26.2 Å². The molecule has 102 valence electrons. The van der Waals surface area contributed by atoms with E-state index in [2.05, 4.69) is 0 Å². The van der Waals surface area contributed by atoms with Crippen molar-refractivity contribution in [3.05, 3.63) is 33.9 Å². The highest BCUT2D eigenvalue weighted by molar-refractivity contribution is 5.68. The quantitative estimate of drug-likeness (QED) is 0.630. The number of hydrogen-bond acceptors (Lipinski definition) is 4. The van der Waals surface area contributed by atoms with Gasteiger partial charge in [-0.1, -0.05) is 6.07 Å². The van der Waals surface area contributed by atoms with Crippen molar-refractivity contribution >= 4 is 11.7 Å². The van der Waals surface area contributed by atoms with Gasteiger partial charge in [0, 0.05) is 11.5 Å². The molecule has 1 N–H and O–H groups in total. The number of ether oxygens (including phenoxy) is 1. The lowest BCUT2D eigenvalue weighted by Gasteiger charge is -2.14. The number of aryl methyl sites for hydroxylation is 1. The fourth-order valence-corrected chi connectivity index (χ4v) is 1.99. The largest absolute Gasteiger partial charge is 0.486 e. The summed E-state index contributed by atoms with van der Waals surface area (Å²) >= 11 is 0. The number of carbonyl (C=O) groups is 1. The maximum absolute atomic E-state index is 10.9. The minimum atomic E-state index is -0.862. The lowest BCUT2D eigenvalue weighted by Crippen LogP contribution is -2.17. The Balaban J connectivity index is 2.08. The van der Waals surface area contributed by atoms with Crippen LogP contribution in [-0.4, -0.2) is 22.6 Å². The molecule has 0 amide bonds. The van der Waals surface area contributed by atoms with Crippen LogP contribution in [0, 0.1) is 22.5 Å². The molecule has 1 aromatic rings. The number of benzene rings is 1. The Hall–Kier alpha value is -2.11. The summed E-state index contributed by atoms with van der Waals surface area (Å²) in [7, 11) is 0. The summed E-state index contributed by atoms with van der Waals surface area (Å²) in [5.74, 6) is -0.660. The lowest BCUT2D eigenvalue weighted by atomic mass is 10.0. The molecule has 1 aliphatic rings. The Morgan fingerprint density at radius 3 is 2.74 bits per heavy atom. The molecule has 1 saturated carbocycles.